The van der Waals surface area contributed by atoms with Gasteiger partial charge in [-0.05, 0) is 31.2 Å². The average Bonchev–Trinajstić information content (AvgIpc) is 2.91. The summed E-state index contributed by atoms with van der Waals surface area (Å²) in [4.78, 5) is 11.1. The summed E-state index contributed by atoms with van der Waals surface area (Å²) in [5, 5.41) is 4.71. The summed E-state index contributed by atoms with van der Waals surface area (Å²) < 4.78 is 0. The van der Waals surface area contributed by atoms with Gasteiger partial charge in [0.2, 0.25) is 5.95 Å². The Morgan fingerprint density at radius 1 is 1.40 bits per heavy atom. The van der Waals surface area contributed by atoms with Crippen molar-refractivity contribution < 1.29 is 0 Å². The molecule has 0 bridgehead atoms. The van der Waals surface area contributed by atoms with Crippen LogP contribution in [0.25, 0.3) is 10.2 Å². The van der Waals surface area contributed by atoms with Crippen molar-refractivity contribution >= 4 is 33.3 Å². The molecule has 5 nitrogen and oxygen atoms in total. The summed E-state index contributed by atoms with van der Waals surface area (Å²) in [5.41, 5.74) is 2.86. The van der Waals surface area contributed by atoms with Gasteiger partial charge in [0.15, 0.2) is 0 Å². The van der Waals surface area contributed by atoms with Crippen LogP contribution in [0.15, 0.2) is 6.07 Å². The van der Waals surface area contributed by atoms with Crippen molar-refractivity contribution in [3.8, 4) is 0 Å². The van der Waals surface area contributed by atoms with Crippen molar-refractivity contribution in [2.45, 2.75) is 46.1 Å². The smallest absolute Gasteiger partial charge is 0.240 e. The first-order valence-corrected chi connectivity index (χ1v) is 7.82. The van der Waals surface area contributed by atoms with Crippen LogP contribution in [0.5, 0.6) is 0 Å². The number of nitrogens with two attached hydrogens (primary N) is 1. The Labute approximate surface area is 123 Å². The van der Waals surface area contributed by atoms with Crippen molar-refractivity contribution in [3.05, 3.63) is 10.9 Å². The molecule has 1 atom stereocenters. The van der Waals surface area contributed by atoms with Crippen LogP contribution in [0.2, 0.25) is 0 Å². The number of thiophene rings is 1. The predicted octanol–water partition coefficient (Wildman–Crippen LogP) is 3.28. The van der Waals surface area contributed by atoms with Crippen LogP contribution in [-0.4, -0.2) is 16.0 Å². The maximum atomic E-state index is 5.48. The second-order valence-electron chi connectivity index (χ2n) is 6.19. The molecule has 2 aromatic rings. The van der Waals surface area contributed by atoms with Crippen molar-refractivity contribution in [1.29, 1.82) is 0 Å². The van der Waals surface area contributed by atoms with Crippen molar-refractivity contribution in [1.82, 2.24) is 9.97 Å². The van der Waals surface area contributed by atoms with Gasteiger partial charge < -0.3 is 5.32 Å². The summed E-state index contributed by atoms with van der Waals surface area (Å²) >= 11 is 1.67. The Morgan fingerprint density at radius 2 is 2.20 bits per heavy atom. The second kappa shape index (κ2) is 4.86. The molecule has 6 heteroatoms. The Kier molecular flexibility index (Phi) is 3.30. The summed E-state index contributed by atoms with van der Waals surface area (Å²) in [6.07, 6.45) is 3.71. The fraction of sp³-hybridized carbons (Fsp3) is 0.571. The molecule has 1 unspecified atom stereocenters. The molecule has 0 spiro atoms. The number of hydrogen-bond acceptors (Lipinski definition) is 6. The highest BCUT2D eigenvalue weighted by Gasteiger charge is 2.35. The molecule has 108 valence electrons. The van der Waals surface area contributed by atoms with Crippen molar-refractivity contribution in [2.75, 3.05) is 10.7 Å². The van der Waals surface area contributed by atoms with Crippen LogP contribution in [0.4, 0.5) is 11.8 Å². The molecule has 0 saturated heterocycles. The van der Waals surface area contributed by atoms with Gasteiger partial charge in [0.1, 0.15) is 10.6 Å². The van der Waals surface area contributed by atoms with E-state index in [-0.39, 0.29) is 0 Å². The third-order valence-electron chi connectivity index (χ3n) is 4.21. The minimum absolute atomic E-state index is 0.304. The van der Waals surface area contributed by atoms with E-state index in [4.69, 9.17) is 5.84 Å². The maximum absolute atomic E-state index is 5.48. The highest BCUT2D eigenvalue weighted by Crippen LogP contribution is 2.40. The fourth-order valence-corrected chi connectivity index (χ4v) is 3.86. The maximum Gasteiger partial charge on any atom is 0.240 e. The Morgan fingerprint density at radius 3 is 2.85 bits per heavy atom. The first-order valence-electron chi connectivity index (χ1n) is 7.01. The van der Waals surface area contributed by atoms with Crippen molar-refractivity contribution in [2.24, 2.45) is 11.3 Å². The molecule has 0 aromatic carbocycles. The Bertz CT molecular complexity index is 634. The van der Waals surface area contributed by atoms with Gasteiger partial charge in [-0.25, -0.2) is 10.8 Å². The van der Waals surface area contributed by atoms with Crippen LogP contribution < -0.4 is 16.6 Å². The number of aromatic nitrogens is 2. The number of nitrogens with one attached hydrogen (secondary N) is 2. The standard InChI is InChI=1S/C14H21N5S/c1-8-7-9-11(16-10-5-4-6-14(10,2)3)17-13(19-15)18-12(9)20-8/h7,10H,4-6,15H2,1-3H3,(H2,16,17,18,19). The number of anilines is 2. The summed E-state index contributed by atoms with van der Waals surface area (Å²) in [7, 11) is 0. The van der Waals surface area contributed by atoms with E-state index in [9.17, 15) is 0 Å². The average molecular weight is 291 g/mol. The molecular weight excluding hydrogens is 270 g/mol. The summed E-state index contributed by atoms with van der Waals surface area (Å²) in [6, 6.07) is 2.59. The lowest BCUT2D eigenvalue weighted by Crippen LogP contribution is -2.31. The first kappa shape index (κ1) is 13.6. The lowest BCUT2D eigenvalue weighted by atomic mass is 9.87. The summed E-state index contributed by atoms with van der Waals surface area (Å²) in [5.74, 6) is 6.85. The van der Waals surface area contributed by atoms with Crippen LogP contribution in [0.3, 0.4) is 0 Å². The van der Waals surface area contributed by atoms with Crippen LogP contribution in [0, 0.1) is 12.3 Å². The van der Waals surface area contributed by atoms with E-state index in [1.54, 1.807) is 11.3 Å². The molecule has 0 aliphatic heterocycles. The molecular formula is C14H21N5S. The molecule has 4 N–H and O–H groups in total. The van der Waals surface area contributed by atoms with E-state index in [0.717, 1.165) is 16.0 Å². The monoisotopic (exact) mass is 291 g/mol. The lowest BCUT2D eigenvalue weighted by molar-refractivity contribution is 0.349. The van der Waals surface area contributed by atoms with Gasteiger partial charge in [-0.1, -0.05) is 20.3 Å². The first-order chi connectivity index (χ1) is 9.49. The second-order valence-corrected chi connectivity index (χ2v) is 7.43. The van der Waals surface area contributed by atoms with Gasteiger partial charge in [0, 0.05) is 10.9 Å². The minimum Gasteiger partial charge on any atom is -0.366 e. The van der Waals surface area contributed by atoms with Gasteiger partial charge in [-0.3, -0.25) is 5.43 Å². The largest absolute Gasteiger partial charge is 0.366 e. The van der Waals surface area contributed by atoms with Gasteiger partial charge in [0.25, 0.3) is 0 Å². The van der Waals surface area contributed by atoms with Gasteiger partial charge >= 0.3 is 0 Å². The normalized spacial score (nSPS) is 21.3. The van der Waals surface area contributed by atoms with E-state index < -0.39 is 0 Å². The molecule has 2 aromatic heterocycles. The quantitative estimate of drug-likeness (QED) is 0.597. The van der Waals surface area contributed by atoms with E-state index in [1.807, 2.05) is 0 Å². The van der Waals surface area contributed by atoms with Gasteiger partial charge in [-0.15, -0.1) is 11.3 Å². The number of nitrogen functional groups attached to an aromatic ring is 1. The topological polar surface area (TPSA) is 75.9 Å². The number of aryl methyl sites for hydroxylation is 1. The Hall–Kier alpha value is -1.40. The van der Waals surface area contributed by atoms with E-state index >= 15 is 0 Å². The summed E-state index contributed by atoms with van der Waals surface area (Å²) in [6.45, 7) is 6.72. The number of rotatable bonds is 3. The molecule has 1 aliphatic rings. The van der Waals surface area contributed by atoms with E-state index in [1.165, 1.54) is 24.1 Å². The number of hydrogen-bond donors (Lipinski definition) is 3. The van der Waals surface area contributed by atoms with Gasteiger partial charge in [-0.2, -0.15) is 4.98 Å². The lowest BCUT2D eigenvalue weighted by Gasteiger charge is -2.28. The molecule has 0 amide bonds. The minimum atomic E-state index is 0.304. The fourth-order valence-electron chi connectivity index (χ4n) is 2.98. The molecule has 2 heterocycles. The molecule has 1 aliphatic carbocycles. The van der Waals surface area contributed by atoms with Crippen molar-refractivity contribution in [3.63, 3.8) is 0 Å². The van der Waals surface area contributed by atoms with Crippen LogP contribution in [-0.2, 0) is 0 Å². The van der Waals surface area contributed by atoms with E-state index in [0.29, 0.717) is 17.4 Å². The number of hydrazine groups is 1. The molecule has 1 saturated carbocycles. The zero-order valence-corrected chi connectivity index (χ0v) is 13.0. The molecule has 20 heavy (non-hydrogen) atoms. The predicted molar refractivity (Wildman–Crippen MR) is 85.0 cm³/mol. The van der Waals surface area contributed by atoms with Crippen LogP contribution in [0.1, 0.15) is 38.0 Å². The molecule has 0 radical (unpaired) electrons. The third-order valence-corrected chi connectivity index (χ3v) is 5.16. The molecule has 1 fully saturated rings. The third kappa shape index (κ3) is 2.33. The SMILES string of the molecule is Cc1cc2c(NC3CCCC3(C)C)nc(NN)nc2s1. The zero-order valence-electron chi connectivity index (χ0n) is 12.2. The van der Waals surface area contributed by atoms with E-state index in [2.05, 4.69) is 47.5 Å². The number of fused-ring (bicyclic) bond motifs is 1. The highest BCUT2D eigenvalue weighted by atomic mass is 32.1. The van der Waals surface area contributed by atoms with Crippen LogP contribution >= 0.6 is 11.3 Å². The highest BCUT2D eigenvalue weighted by molar-refractivity contribution is 7.18. The number of nitrogens with zero attached hydrogens (tertiary/aromatic N) is 2. The van der Waals surface area contributed by atoms with Gasteiger partial charge in [0.05, 0.1) is 5.39 Å². The molecule has 3 rings (SSSR count). The zero-order chi connectivity index (χ0) is 14.3. The Balaban J connectivity index is 2.01.